The largest absolute Gasteiger partial charge is 0.389 e. The first kappa shape index (κ1) is 28.2. The molecule has 1 aliphatic carbocycles. The normalized spacial score (nSPS) is 21.9. The predicted molar refractivity (Wildman–Crippen MR) is 143 cm³/mol. The molecule has 0 radical (unpaired) electrons. The van der Waals surface area contributed by atoms with Gasteiger partial charge in [-0.3, -0.25) is 9.78 Å². The molecule has 0 amide bonds. The first-order valence-electron chi connectivity index (χ1n) is 12.2. The minimum absolute atomic E-state index is 0.00172. The summed E-state index contributed by atoms with van der Waals surface area (Å²) >= 11 is 0.858. The van der Waals surface area contributed by atoms with Crippen molar-refractivity contribution in [1.82, 2.24) is 9.97 Å². The van der Waals surface area contributed by atoms with E-state index in [-0.39, 0.29) is 69.8 Å². The van der Waals surface area contributed by atoms with E-state index in [9.17, 15) is 22.0 Å². The van der Waals surface area contributed by atoms with Gasteiger partial charge in [-0.05, 0) is 54.0 Å². The summed E-state index contributed by atoms with van der Waals surface area (Å²) in [5.74, 6) is -1.91. The molecule has 1 fully saturated rings. The molecule has 204 valence electrons. The van der Waals surface area contributed by atoms with E-state index < -0.39 is 21.5 Å². The fourth-order valence-electron chi connectivity index (χ4n) is 5.02. The van der Waals surface area contributed by atoms with Crippen LogP contribution < -0.4 is 11.5 Å². The van der Waals surface area contributed by atoms with E-state index in [1.165, 1.54) is 12.3 Å². The summed E-state index contributed by atoms with van der Waals surface area (Å²) in [6.45, 7) is 2.11. The van der Waals surface area contributed by atoms with Crippen molar-refractivity contribution in [2.45, 2.75) is 44.2 Å². The van der Waals surface area contributed by atoms with Crippen LogP contribution >= 0.6 is 11.3 Å². The van der Waals surface area contributed by atoms with E-state index in [2.05, 4.69) is 9.97 Å². The summed E-state index contributed by atoms with van der Waals surface area (Å²) in [6.07, 6.45) is 5.47. The number of thiazole rings is 1. The molecule has 1 aliphatic rings. The highest BCUT2D eigenvalue weighted by molar-refractivity contribution is 7.90. The van der Waals surface area contributed by atoms with E-state index >= 15 is 0 Å². The topological polar surface area (TPSA) is 138 Å². The number of nitrogens with two attached hydrogens (primary N) is 2. The molecular formula is C26H30F2N4O4S2. The van der Waals surface area contributed by atoms with Gasteiger partial charge in [0.2, 0.25) is 0 Å². The van der Waals surface area contributed by atoms with Gasteiger partial charge < -0.3 is 16.2 Å². The number of pyridine rings is 1. The van der Waals surface area contributed by atoms with Crippen LogP contribution in [0.3, 0.4) is 0 Å². The molecule has 3 aromatic rings. The number of rotatable bonds is 9. The highest BCUT2D eigenvalue weighted by atomic mass is 32.2. The summed E-state index contributed by atoms with van der Waals surface area (Å²) in [6, 6.07) is 5.05. The first-order chi connectivity index (χ1) is 17.9. The molecule has 4 N–H and O–H groups in total. The Morgan fingerprint density at radius 3 is 2.58 bits per heavy atom. The number of sulfone groups is 1. The van der Waals surface area contributed by atoms with Crippen LogP contribution in [0, 0.1) is 17.6 Å². The number of anilines is 1. The van der Waals surface area contributed by atoms with E-state index in [0.29, 0.717) is 12.0 Å². The van der Waals surface area contributed by atoms with Crippen LogP contribution in [0.25, 0.3) is 10.6 Å². The SMILES string of the molecule is C[C@H]1C[C@@H](c2ccncc2CC(=O)c2nc(-c3c(F)cccc3F)sc2N)C[C@@H](N)[C@H]1OCCS(C)(=O)=O. The number of carbonyl (C=O) groups excluding carboxylic acids is 1. The Hall–Kier alpha value is -2.80. The van der Waals surface area contributed by atoms with Crippen LogP contribution in [0.1, 0.15) is 47.3 Å². The zero-order valence-electron chi connectivity index (χ0n) is 21.1. The molecule has 0 unspecified atom stereocenters. The number of carbonyl (C=O) groups is 1. The van der Waals surface area contributed by atoms with E-state index in [1.54, 1.807) is 12.4 Å². The van der Waals surface area contributed by atoms with Gasteiger partial charge in [-0.15, -0.1) is 0 Å². The first-order valence-corrected chi connectivity index (χ1v) is 15.0. The molecule has 0 bridgehead atoms. The predicted octanol–water partition coefficient (Wildman–Crippen LogP) is 3.76. The molecule has 0 spiro atoms. The van der Waals surface area contributed by atoms with Crippen molar-refractivity contribution < 1.29 is 26.7 Å². The van der Waals surface area contributed by atoms with Crippen LogP contribution in [0.2, 0.25) is 0 Å². The molecule has 4 atom stereocenters. The smallest absolute Gasteiger partial charge is 0.188 e. The molecule has 38 heavy (non-hydrogen) atoms. The number of hydrogen-bond donors (Lipinski definition) is 2. The lowest BCUT2D eigenvalue weighted by Crippen LogP contribution is -2.47. The molecule has 2 aromatic heterocycles. The zero-order chi connectivity index (χ0) is 27.6. The van der Waals surface area contributed by atoms with Crippen molar-refractivity contribution in [3.63, 3.8) is 0 Å². The minimum Gasteiger partial charge on any atom is -0.389 e. The maximum Gasteiger partial charge on any atom is 0.188 e. The summed E-state index contributed by atoms with van der Waals surface area (Å²) in [7, 11) is -3.13. The second-order valence-corrected chi connectivity index (χ2v) is 13.1. The quantitative estimate of drug-likeness (QED) is 0.375. The Kier molecular flexibility index (Phi) is 8.55. The van der Waals surface area contributed by atoms with Crippen molar-refractivity contribution in [1.29, 1.82) is 0 Å². The Morgan fingerprint density at radius 2 is 1.92 bits per heavy atom. The number of nitrogen functional groups attached to an aromatic ring is 1. The monoisotopic (exact) mass is 564 g/mol. The molecule has 1 aromatic carbocycles. The van der Waals surface area contributed by atoms with Gasteiger partial charge in [0.25, 0.3) is 0 Å². The van der Waals surface area contributed by atoms with Crippen molar-refractivity contribution >= 4 is 32.0 Å². The number of halogens is 2. The molecule has 12 heteroatoms. The maximum atomic E-state index is 14.2. The zero-order valence-corrected chi connectivity index (χ0v) is 22.7. The number of benzene rings is 1. The number of nitrogens with zero attached hydrogens (tertiary/aromatic N) is 2. The van der Waals surface area contributed by atoms with Crippen LogP contribution in [-0.2, 0) is 21.0 Å². The third kappa shape index (κ3) is 6.42. The number of ether oxygens (including phenoxy) is 1. The molecule has 8 nitrogen and oxygen atoms in total. The summed E-state index contributed by atoms with van der Waals surface area (Å²) in [5, 5.41) is 0.0855. The van der Waals surface area contributed by atoms with E-state index in [1.807, 2.05) is 13.0 Å². The van der Waals surface area contributed by atoms with Crippen molar-refractivity contribution in [3.05, 3.63) is 65.1 Å². The second kappa shape index (κ2) is 11.5. The lowest BCUT2D eigenvalue weighted by atomic mass is 9.73. The highest BCUT2D eigenvalue weighted by Gasteiger charge is 2.36. The molecule has 4 rings (SSSR count). The van der Waals surface area contributed by atoms with Gasteiger partial charge in [-0.25, -0.2) is 22.2 Å². The minimum atomic E-state index is -3.13. The van der Waals surface area contributed by atoms with Gasteiger partial charge in [-0.1, -0.05) is 24.3 Å². The molecular weight excluding hydrogens is 534 g/mol. The molecule has 2 heterocycles. The molecule has 1 saturated carbocycles. The van der Waals surface area contributed by atoms with Gasteiger partial charge in [0, 0.05) is 31.1 Å². The molecule has 0 saturated heterocycles. The van der Waals surface area contributed by atoms with Crippen LogP contribution in [-0.4, -0.2) is 54.9 Å². The van der Waals surface area contributed by atoms with Crippen molar-refractivity contribution in [2.75, 3.05) is 24.3 Å². The van der Waals surface area contributed by atoms with Gasteiger partial charge in [0.1, 0.15) is 37.2 Å². The third-order valence-corrected chi connectivity index (χ3v) is 8.60. The second-order valence-electron chi connectivity index (χ2n) is 9.78. The third-order valence-electron chi connectivity index (χ3n) is 6.79. The fraction of sp³-hybridized carbons (Fsp3) is 0.423. The van der Waals surface area contributed by atoms with Gasteiger partial charge in [0.05, 0.1) is 24.0 Å². The summed E-state index contributed by atoms with van der Waals surface area (Å²) in [4.78, 5) is 21.6. The maximum absolute atomic E-state index is 14.2. The number of Topliss-reactive ketones (excluding diaryl/α,β-unsaturated/α-hetero) is 1. The van der Waals surface area contributed by atoms with Crippen LogP contribution in [0.5, 0.6) is 0 Å². The highest BCUT2D eigenvalue weighted by Crippen LogP contribution is 2.39. The Balaban J connectivity index is 1.50. The number of hydrogen-bond acceptors (Lipinski definition) is 9. The Labute approximate surface area is 224 Å². The van der Waals surface area contributed by atoms with Crippen LogP contribution in [0.15, 0.2) is 36.7 Å². The number of ketones is 1. The van der Waals surface area contributed by atoms with Gasteiger partial charge in [0.15, 0.2) is 5.78 Å². The van der Waals surface area contributed by atoms with Crippen LogP contribution in [0.4, 0.5) is 13.8 Å². The Morgan fingerprint density at radius 1 is 1.21 bits per heavy atom. The van der Waals surface area contributed by atoms with E-state index in [4.69, 9.17) is 16.2 Å². The lowest BCUT2D eigenvalue weighted by Gasteiger charge is -2.39. The van der Waals surface area contributed by atoms with Crippen molar-refractivity contribution in [3.8, 4) is 10.6 Å². The summed E-state index contributed by atoms with van der Waals surface area (Å²) in [5.41, 5.74) is 13.8. The average Bonchev–Trinajstić information content (AvgIpc) is 3.21. The Bertz CT molecular complexity index is 1400. The summed E-state index contributed by atoms with van der Waals surface area (Å²) < 4.78 is 57.2. The number of aromatic nitrogens is 2. The van der Waals surface area contributed by atoms with Gasteiger partial charge >= 0.3 is 0 Å². The standard InChI is InChI=1S/C26H30F2N4O4S2/c1-14-10-15(11-20(29)24(14)36-8-9-38(2,34)35)17-6-7-31-13-16(17)12-21(33)23-25(30)37-26(32-23)22-18(27)4-3-5-19(22)28/h3-7,13-15,20,24H,8-12,29-30H2,1-2H3/t14-,15+,20+,24-/m0/s1. The van der Waals surface area contributed by atoms with Crippen molar-refractivity contribution in [2.24, 2.45) is 11.7 Å². The fourth-order valence-corrected chi connectivity index (χ4v) is 6.32. The van der Waals surface area contributed by atoms with Gasteiger partial charge in [-0.2, -0.15) is 0 Å². The average molecular weight is 565 g/mol. The van der Waals surface area contributed by atoms with E-state index in [0.717, 1.165) is 35.5 Å². The molecule has 0 aliphatic heterocycles. The lowest BCUT2D eigenvalue weighted by molar-refractivity contribution is -0.0154.